The van der Waals surface area contributed by atoms with Gasteiger partial charge in [0.2, 0.25) is 0 Å². The number of ether oxygens (including phenoxy) is 2. The zero-order chi connectivity index (χ0) is 27.9. The molecule has 0 radical (unpaired) electrons. The molecule has 198 valence electrons. The van der Waals surface area contributed by atoms with Crippen LogP contribution in [0.3, 0.4) is 0 Å². The van der Waals surface area contributed by atoms with Gasteiger partial charge in [-0.1, -0.05) is 42.5 Å². The Bertz CT molecular complexity index is 1480. The molecule has 0 aliphatic carbocycles. The molecule has 1 fully saturated rings. The first-order chi connectivity index (χ1) is 18.8. The van der Waals surface area contributed by atoms with Crippen molar-refractivity contribution in [1.82, 2.24) is 5.32 Å². The van der Waals surface area contributed by atoms with Gasteiger partial charge in [-0.2, -0.15) is 0 Å². The molecule has 4 rings (SSSR count). The average Bonchev–Trinajstić information content (AvgIpc) is 2.91. The molecule has 0 spiro atoms. The predicted molar refractivity (Wildman–Crippen MR) is 152 cm³/mol. The molecular formula is C30H26N2O6S. The van der Waals surface area contributed by atoms with Gasteiger partial charge in [0.1, 0.15) is 12.2 Å². The van der Waals surface area contributed by atoms with Gasteiger partial charge >= 0.3 is 5.97 Å². The summed E-state index contributed by atoms with van der Waals surface area (Å²) < 4.78 is 12.0. The minimum absolute atomic E-state index is 0.0213. The fourth-order valence-electron chi connectivity index (χ4n) is 4.07. The van der Waals surface area contributed by atoms with E-state index < -0.39 is 17.8 Å². The second-order valence-corrected chi connectivity index (χ2v) is 8.91. The van der Waals surface area contributed by atoms with Gasteiger partial charge < -0.3 is 14.6 Å². The number of hydrogen-bond donors (Lipinski definition) is 2. The molecule has 9 heteroatoms. The maximum atomic E-state index is 13.5. The lowest BCUT2D eigenvalue weighted by atomic mass is 10.0. The van der Waals surface area contributed by atoms with Crippen molar-refractivity contribution in [3.63, 3.8) is 0 Å². The number of rotatable bonds is 10. The van der Waals surface area contributed by atoms with Crippen LogP contribution < -0.4 is 19.7 Å². The Kier molecular flexibility index (Phi) is 8.53. The Morgan fingerprint density at radius 2 is 1.85 bits per heavy atom. The quantitative estimate of drug-likeness (QED) is 0.162. The number of carboxylic acid groups (broad SMARTS) is 1. The normalized spacial score (nSPS) is 14.2. The SMILES string of the molecule is C=CCc1cc(C=C2C(=O)NC(=S)N(c3cccc(C(=O)O)c3)C2=O)cc(OCC)c1OCc1ccccc1. The van der Waals surface area contributed by atoms with E-state index in [0.717, 1.165) is 16.0 Å². The number of hydrogen-bond acceptors (Lipinski definition) is 6. The minimum atomic E-state index is -1.15. The fourth-order valence-corrected chi connectivity index (χ4v) is 4.35. The largest absolute Gasteiger partial charge is 0.490 e. The zero-order valence-electron chi connectivity index (χ0n) is 21.2. The van der Waals surface area contributed by atoms with Crippen LogP contribution in [0.4, 0.5) is 5.69 Å². The van der Waals surface area contributed by atoms with Gasteiger partial charge in [-0.15, -0.1) is 6.58 Å². The monoisotopic (exact) mass is 542 g/mol. The average molecular weight is 543 g/mol. The van der Waals surface area contributed by atoms with Crippen LogP contribution in [-0.4, -0.2) is 34.6 Å². The molecule has 1 aliphatic heterocycles. The van der Waals surface area contributed by atoms with Crippen LogP contribution >= 0.6 is 12.2 Å². The zero-order valence-corrected chi connectivity index (χ0v) is 22.0. The molecule has 2 N–H and O–H groups in total. The molecule has 1 saturated heterocycles. The standard InChI is InChI=1S/C30H26N2O6S/c1-3-9-21-14-20(16-25(37-4-2)26(21)38-18-19-10-6-5-7-11-19)15-24-27(33)31-30(39)32(28(24)34)23-13-8-12-22(17-23)29(35)36/h3,5-8,10-17H,1,4,9,18H2,2H3,(H,35,36)(H,31,33,39). The number of nitrogens with zero attached hydrogens (tertiary/aromatic N) is 1. The molecule has 3 aromatic carbocycles. The summed E-state index contributed by atoms with van der Waals surface area (Å²) in [6.07, 6.45) is 3.63. The summed E-state index contributed by atoms with van der Waals surface area (Å²) in [6, 6.07) is 19.0. The van der Waals surface area contributed by atoms with Gasteiger partial charge in [-0.25, -0.2) is 4.79 Å². The Hall–Kier alpha value is -4.76. The number of allylic oxidation sites excluding steroid dienone is 1. The van der Waals surface area contributed by atoms with Gasteiger partial charge in [-0.3, -0.25) is 19.8 Å². The van der Waals surface area contributed by atoms with E-state index in [0.29, 0.717) is 36.7 Å². The summed E-state index contributed by atoms with van der Waals surface area (Å²) in [6.45, 7) is 6.39. The maximum absolute atomic E-state index is 13.5. The number of carboxylic acids is 1. The van der Waals surface area contributed by atoms with Gasteiger partial charge in [0.05, 0.1) is 17.9 Å². The number of nitrogens with one attached hydrogen (secondary N) is 1. The summed E-state index contributed by atoms with van der Waals surface area (Å²) >= 11 is 5.24. The summed E-state index contributed by atoms with van der Waals surface area (Å²) in [5, 5.41) is 11.7. The Morgan fingerprint density at radius 3 is 2.54 bits per heavy atom. The van der Waals surface area contributed by atoms with Crippen molar-refractivity contribution in [3.8, 4) is 11.5 Å². The van der Waals surface area contributed by atoms with Crippen LogP contribution in [0.15, 0.2) is 85.0 Å². The van der Waals surface area contributed by atoms with Crippen molar-refractivity contribution in [2.75, 3.05) is 11.5 Å². The van der Waals surface area contributed by atoms with E-state index >= 15 is 0 Å². The van der Waals surface area contributed by atoms with E-state index in [9.17, 15) is 19.5 Å². The van der Waals surface area contributed by atoms with E-state index in [-0.39, 0.29) is 21.9 Å². The highest BCUT2D eigenvalue weighted by molar-refractivity contribution is 7.80. The number of benzene rings is 3. The van der Waals surface area contributed by atoms with Gasteiger partial charge in [0.15, 0.2) is 16.6 Å². The van der Waals surface area contributed by atoms with Gasteiger partial charge in [0.25, 0.3) is 11.8 Å². The third-order valence-corrected chi connectivity index (χ3v) is 6.09. The van der Waals surface area contributed by atoms with E-state index in [1.165, 1.54) is 24.3 Å². The van der Waals surface area contributed by atoms with Crippen LogP contribution in [0.5, 0.6) is 11.5 Å². The number of carbonyl (C=O) groups is 3. The van der Waals surface area contributed by atoms with Gasteiger partial charge in [0, 0.05) is 5.56 Å². The summed E-state index contributed by atoms with van der Waals surface area (Å²) in [4.78, 5) is 38.8. The molecule has 1 heterocycles. The maximum Gasteiger partial charge on any atom is 0.335 e. The number of thiocarbonyl (C=S) groups is 1. The first kappa shape index (κ1) is 27.3. The number of anilines is 1. The Morgan fingerprint density at radius 1 is 1.08 bits per heavy atom. The van der Waals surface area contributed by atoms with Crippen molar-refractivity contribution in [2.45, 2.75) is 20.0 Å². The molecule has 3 aromatic rings. The number of carbonyl (C=O) groups excluding carboxylic acids is 2. The van der Waals surface area contributed by atoms with Crippen LogP contribution in [0.25, 0.3) is 6.08 Å². The lowest BCUT2D eigenvalue weighted by Gasteiger charge is -2.29. The van der Waals surface area contributed by atoms with E-state index in [2.05, 4.69) is 11.9 Å². The van der Waals surface area contributed by atoms with Gasteiger partial charge in [-0.05, 0) is 73.1 Å². The highest BCUT2D eigenvalue weighted by Crippen LogP contribution is 2.36. The highest BCUT2D eigenvalue weighted by atomic mass is 32.1. The smallest absolute Gasteiger partial charge is 0.335 e. The van der Waals surface area contributed by atoms with Crippen LogP contribution in [0, 0.1) is 0 Å². The summed E-state index contributed by atoms with van der Waals surface area (Å²) in [7, 11) is 0. The number of aromatic carboxylic acids is 1. The molecule has 0 atom stereocenters. The molecule has 0 saturated carbocycles. The van der Waals surface area contributed by atoms with Crippen molar-refractivity contribution in [3.05, 3.63) is 107 Å². The highest BCUT2D eigenvalue weighted by Gasteiger charge is 2.35. The molecule has 0 unspecified atom stereocenters. The first-order valence-electron chi connectivity index (χ1n) is 12.1. The number of amides is 2. The van der Waals surface area contributed by atoms with Crippen LogP contribution in [-0.2, 0) is 22.6 Å². The lowest BCUT2D eigenvalue weighted by molar-refractivity contribution is -0.122. The summed E-state index contributed by atoms with van der Waals surface area (Å²) in [5.74, 6) is -1.48. The molecule has 8 nitrogen and oxygen atoms in total. The molecule has 0 aromatic heterocycles. The van der Waals surface area contributed by atoms with Crippen molar-refractivity contribution in [1.29, 1.82) is 0 Å². The van der Waals surface area contributed by atoms with E-state index in [4.69, 9.17) is 21.7 Å². The van der Waals surface area contributed by atoms with Crippen LogP contribution in [0.2, 0.25) is 0 Å². The van der Waals surface area contributed by atoms with Crippen molar-refractivity contribution in [2.24, 2.45) is 0 Å². The molecule has 0 bridgehead atoms. The molecule has 2 amide bonds. The minimum Gasteiger partial charge on any atom is -0.490 e. The first-order valence-corrected chi connectivity index (χ1v) is 12.5. The van der Waals surface area contributed by atoms with Crippen LogP contribution in [0.1, 0.15) is 34.0 Å². The molecule has 39 heavy (non-hydrogen) atoms. The third kappa shape index (κ3) is 6.22. The predicted octanol–water partition coefficient (Wildman–Crippen LogP) is 4.92. The third-order valence-electron chi connectivity index (χ3n) is 5.81. The van der Waals surface area contributed by atoms with Crippen molar-refractivity contribution >= 4 is 46.9 Å². The Labute approximate surface area is 231 Å². The molecular weight excluding hydrogens is 516 g/mol. The lowest BCUT2D eigenvalue weighted by Crippen LogP contribution is -2.54. The van der Waals surface area contributed by atoms with E-state index in [1.807, 2.05) is 37.3 Å². The van der Waals surface area contributed by atoms with Crippen molar-refractivity contribution < 1.29 is 29.0 Å². The Balaban J connectivity index is 1.73. The fraction of sp³-hybridized carbons (Fsp3) is 0.133. The topological polar surface area (TPSA) is 105 Å². The molecule has 1 aliphatic rings. The second kappa shape index (κ2) is 12.2. The summed E-state index contributed by atoms with van der Waals surface area (Å²) in [5.41, 5.74) is 2.32. The van der Waals surface area contributed by atoms with E-state index in [1.54, 1.807) is 24.3 Å². The second-order valence-electron chi connectivity index (χ2n) is 8.52.